The highest BCUT2D eigenvalue weighted by Crippen LogP contribution is 2.40. The molecule has 75 heavy (non-hydrogen) atoms. The molecule has 6 aromatic rings. The minimum absolute atomic E-state index is 0. The summed E-state index contributed by atoms with van der Waals surface area (Å²) in [5.41, 5.74) is 12.4. The fraction of sp³-hybridized carbons (Fsp3) is 0.150. The number of Topliss-reactive ketones (excluding diaryl/α,β-unsaturated/α-hetero) is 3. The summed E-state index contributed by atoms with van der Waals surface area (Å²) in [5.74, 6) is -0.280. The van der Waals surface area contributed by atoms with Gasteiger partial charge in [0, 0.05) is 16.7 Å². The summed E-state index contributed by atoms with van der Waals surface area (Å²) in [6, 6.07) is 41.0. The number of rotatable bonds is 9. The van der Waals surface area contributed by atoms with Gasteiger partial charge in [-0.05, 0) is 142 Å². The van der Waals surface area contributed by atoms with Crippen molar-refractivity contribution in [3.63, 3.8) is 0 Å². The lowest BCUT2D eigenvalue weighted by Crippen LogP contribution is -2.28. The van der Waals surface area contributed by atoms with Crippen molar-refractivity contribution in [2.75, 3.05) is 14.7 Å². The van der Waals surface area contributed by atoms with Gasteiger partial charge in [0.2, 0.25) is 0 Å². The molecule has 380 valence electrons. The zero-order valence-electron chi connectivity index (χ0n) is 41.7. The van der Waals surface area contributed by atoms with E-state index in [0.29, 0.717) is 44.4 Å². The SMILES string of the molecule is C.CC(=O)c1ccc(/C=C2\SC(=S)N(c3cccc(C)c3)C2=O)cc1.CC(=O)c1ccc(/C=C2\SC(=S)N(c3cccc(C)c3C)C2=O)cc1.CC(=O)c1ccc(/C=C2\SC(=S)N(c3cccc(C)c3C)C2=O)cc1. The van der Waals surface area contributed by atoms with Crippen LogP contribution in [0.2, 0.25) is 0 Å². The Morgan fingerprint density at radius 1 is 0.427 bits per heavy atom. The molecule has 0 saturated carbocycles. The quantitative estimate of drug-likeness (QED) is 0.0780. The van der Waals surface area contributed by atoms with E-state index in [1.54, 1.807) is 57.2 Å². The van der Waals surface area contributed by atoms with Crippen LogP contribution in [0.25, 0.3) is 18.2 Å². The summed E-state index contributed by atoms with van der Waals surface area (Å²) in [4.78, 5) is 79.0. The number of thioether (sulfide) groups is 3. The Morgan fingerprint density at radius 2 is 0.733 bits per heavy atom. The maximum Gasteiger partial charge on any atom is 0.270 e. The van der Waals surface area contributed by atoms with Crippen LogP contribution in [0.15, 0.2) is 148 Å². The van der Waals surface area contributed by atoms with Crippen molar-refractivity contribution >= 4 is 155 Å². The minimum Gasteiger partial charge on any atom is -0.295 e. The number of hydrogen-bond acceptors (Lipinski definition) is 12. The molecule has 0 aliphatic carbocycles. The van der Waals surface area contributed by atoms with E-state index < -0.39 is 0 Å². The molecule has 3 saturated heterocycles. The highest BCUT2D eigenvalue weighted by Gasteiger charge is 2.36. The Balaban J connectivity index is 0.000000182. The molecule has 9 nitrogen and oxygen atoms in total. The van der Waals surface area contributed by atoms with Gasteiger partial charge in [0.25, 0.3) is 17.7 Å². The number of ketones is 3. The van der Waals surface area contributed by atoms with E-state index in [0.717, 1.165) is 61.6 Å². The first kappa shape index (κ1) is 57.6. The first-order valence-electron chi connectivity index (χ1n) is 23.1. The standard InChI is InChI=1S/2C20H17NO2S2.C19H15NO2S2.CH4/c2*1-12-5-4-6-17(13(12)2)21-19(23)18(25-20(21)24)11-15-7-9-16(10-8-15)14(3)22;1-12-4-3-5-16(10-12)20-18(22)17(24-19(20)23)11-14-6-8-15(9-7-14)13(2)21;/h2*4-11H,1-3H3;3-11H,1-2H3;1H4/b2*18-11-;17-11-;. The topological polar surface area (TPSA) is 112 Å². The summed E-state index contributed by atoms with van der Waals surface area (Å²) >= 11 is 20.1. The molecule has 0 unspecified atom stereocenters. The number of carbonyl (C=O) groups is 6. The molecule has 3 amide bonds. The van der Waals surface area contributed by atoms with E-state index in [2.05, 4.69) is 0 Å². The highest BCUT2D eigenvalue weighted by molar-refractivity contribution is 8.28. The third-order valence-corrected chi connectivity index (χ3v) is 16.0. The fourth-order valence-corrected chi connectivity index (χ4v) is 11.5. The van der Waals surface area contributed by atoms with Crippen molar-refractivity contribution < 1.29 is 28.8 Å². The average molecular weight is 1100 g/mol. The molecular weight excluding hydrogens is 1050 g/mol. The van der Waals surface area contributed by atoms with Gasteiger partial charge >= 0.3 is 0 Å². The lowest BCUT2D eigenvalue weighted by Gasteiger charge is -2.18. The first-order valence-corrected chi connectivity index (χ1v) is 26.8. The van der Waals surface area contributed by atoms with Gasteiger partial charge in [0.1, 0.15) is 0 Å². The molecule has 6 aromatic carbocycles. The molecule has 9 rings (SSSR count). The number of carbonyl (C=O) groups excluding carboxylic acids is 6. The number of amides is 3. The predicted octanol–water partition coefficient (Wildman–Crippen LogP) is 15.1. The third-order valence-electron chi connectivity index (χ3n) is 12.1. The fourth-order valence-electron chi connectivity index (χ4n) is 7.66. The Bertz CT molecular complexity index is 3260. The van der Waals surface area contributed by atoms with Gasteiger partial charge in [0.05, 0.1) is 31.8 Å². The van der Waals surface area contributed by atoms with Crippen LogP contribution in [-0.2, 0) is 14.4 Å². The smallest absolute Gasteiger partial charge is 0.270 e. The van der Waals surface area contributed by atoms with Crippen LogP contribution in [-0.4, -0.2) is 48.0 Å². The van der Waals surface area contributed by atoms with Crippen molar-refractivity contribution in [2.24, 2.45) is 0 Å². The molecule has 15 heteroatoms. The summed E-state index contributed by atoms with van der Waals surface area (Å²) in [6.45, 7) is 14.6. The van der Waals surface area contributed by atoms with Crippen LogP contribution in [0.4, 0.5) is 17.1 Å². The van der Waals surface area contributed by atoms with Crippen molar-refractivity contribution in [2.45, 2.75) is 62.8 Å². The summed E-state index contributed by atoms with van der Waals surface area (Å²) < 4.78 is 1.59. The van der Waals surface area contributed by atoms with Crippen LogP contribution >= 0.6 is 71.9 Å². The second kappa shape index (κ2) is 25.2. The molecular formula is C60H53N3O6S6. The second-order valence-electron chi connectivity index (χ2n) is 17.4. The number of aryl methyl sites for hydroxylation is 3. The van der Waals surface area contributed by atoms with Gasteiger partial charge in [-0.25, -0.2) is 0 Å². The van der Waals surface area contributed by atoms with Gasteiger partial charge in [-0.3, -0.25) is 43.5 Å². The van der Waals surface area contributed by atoms with E-state index in [1.807, 2.05) is 144 Å². The van der Waals surface area contributed by atoms with E-state index in [9.17, 15) is 28.8 Å². The molecule has 0 radical (unpaired) electrons. The van der Waals surface area contributed by atoms with E-state index in [1.165, 1.54) is 56.1 Å². The summed E-state index contributed by atoms with van der Waals surface area (Å²) in [5, 5.41) is 0. The molecule has 0 atom stereocenters. The Kier molecular flexibility index (Phi) is 19.3. The van der Waals surface area contributed by atoms with Gasteiger partial charge in [-0.1, -0.05) is 189 Å². The number of thiocarbonyl (C=S) groups is 3. The van der Waals surface area contributed by atoms with Crippen molar-refractivity contribution in [1.82, 2.24) is 0 Å². The van der Waals surface area contributed by atoms with Crippen LogP contribution < -0.4 is 14.7 Å². The molecule has 3 aliphatic rings. The number of hydrogen-bond donors (Lipinski definition) is 0. The van der Waals surface area contributed by atoms with Crippen LogP contribution in [0, 0.1) is 34.6 Å². The second-order valence-corrected chi connectivity index (χ2v) is 22.4. The lowest BCUT2D eigenvalue weighted by atomic mass is 10.1. The number of benzene rings is 6. The van der Waals surface area contributed by atoms with Gasteiger partial charge in [-0.2, -0.15) is 0 Å². The average Bonchev–Trinajstić information content (AvgIpc) is 3.92. The Labute approximate surface area is 467 Å². The monoisotopic (exact) mass is 1100 g/mol. The normalized spacial score (nSPS) is 15.8. The molecule has 0 bridgehead atoms. The van der Waals surface area contributed by atoms with Crippen LogP contribution in [0.1, 0.15) is 104 Å². The van der Waals surface area contributed by atoms with Gasteiger partial charge in [0.15, 0.2) is 30.3 Å². The van der Waals surface area contributed by atoms with E-state index in [-0.39, 0.29) is 42.5 Å². The van der Waals surface area contributed by atoms with Gasteiger partial charge < -0.3 is 0 Å². The zero-order valence-corrected chi connectivity index (χ0v) is 46.6. The molecule has 3 heterocycles. The third kappa shape index (κ3) is 13.6. The van der Waals surface area contributed by atoms with Crippen molar-refractivity contribution in [3.8, 4) is 0 Å². The number of nitrogens with zero attached hydrogens (tertiary/aromatic N) is 3. The zero-order chi connectivity index (χ0) is 53.5. The molecule has 3 aliphatic heterocycles. The maximum atomic E-state index is 12.9. The maximum absolute atomic E-state index is 12.9. The predicted molar refractivity (Wildman–Crippen MR) is 326 cm³/mol. The molecule has 0 N–H and O–H groups in total. The Morgan fingerprint density at radius 3 is 1.05 bits per heavy atom. The first-order chi connectivity index (χ1) is 35.2. The van der Waals surface area contributed by atoms with Gasteiger partial charge in [-0.15, -0.1) is 0 Å². The van der Waals surface area contributed by atoms with E-state index in [4.69, 9.17) is 36.7 Å². The Hall–Kier alpha value is -6.72. The van der Waals surface area contributed by atoms with Crippen molar-refractivity contribution in [1.29, 1.82) is 0 Å². The highest BCUT2D eigenvalue weighted by atomic mass is 32.2. The number of anilines is 3. The molecule has 3 fully saturated rings. The largest absolute Gasteiger partial charge is 0.295 e. The summed E-state index contributed by atoms with van der Waals surface area (Å²) in [6.07, 6.45) is 5.43. The minimum atomic E-state index is -0.119. The van der Waals surface area contributed by atoms with Crippen LogP contribution in [0.3, 0.4) is 0 Å². The molecule has 0 aromatic heterocycles. The van der Waals surface area contributed by atoms with Crippen molar-refractivity contribution in [3.05, 3.63) is 209 Å². The lowest BCUT2D eigenvalue weighted by molar-refractivity contribution is -0.114. The summed E-state index contributed by atoms with van der Waals surface area (Å²) in [7, 11) is 0. The van der Waals surface area contributed by atoms with Crippen LogP contribution in [0.5, 0.6) is 0 Å². The van der Waals surface area contributed by atoms with E-state index >= 15 is 0 Å². The molecule has 0 spiro atoms.